The minimum atomic E-state index is -0.964. The van der Waals surface area contributed by atoms with Gasteiger partial charge in [0.1, 0.15) is 5.60 Å². The Morgan fingerprint density at radius 1 is 1.50 bits per heavy atom. The lowest BCUT2D eigenvalue weighted by Gasteiger charge is -2.25. The van der Waals surface area contributed by atoms with Crippen LogP contribution in [0.3, 0.4) is 0 Å². The van der Waals surface area contributed by atoms with Crippen LogP contribution in [0, 0.1) is 12.3 Å². The highest BCUT2D eigenvalue weighted by molar-refractivity contribution is 7.85. The molecule has 0 aliphatic carbocycles. The first-order valence-corrected chi connectivity index (χ1v) is 4.70. The first kappa shape index (κ1) is 7.77. The van der Waals surface area contributed by atoms with Crippen LogP contribution in [0.15, 0.2) is 0 Å². The Labute approximate surface area is 63.1 Å². The average molecular weight is 158 g/mol. The van der Waals surface area contributed by atoms with Gasteiger partial charge in [-0.25, -0.2) is 0 Å². The molecule has 2 nitrogen and oxygen atoms in total. The Kier molecular flexibility index (Phi) is 2.12. The highest BCUT2D eigenvalue weighted by Crippen LogP contribution is 2.20. The molecule has 56 valence electrons. The molecular formula is C7H10O2S. The van der Waals surface area contributed by atoms with Crippen molar-refractivity contribution in [2.45, 2.75) is 18.4 Å². The topological polar surface area (TPSA) is 37.3 Å². The van der Waals surface area contributed by atoms with Crippen molar-refractivity contribution >= 4 is 10.8 Å². The van der Waals surface area contributed by atoms with Crippen LogP contribution in [0.4, 0.5) is 0 Å². The van der Waals surface area contributed by atoms with Gasteiger partial charge in [0, 0.05) is 22.3 Å². The molecule has 0 atom stereocenters. The first-order valence-electron chi connectivity index (χ1n) is 3.21. The smallest absolute Gasteiger partial charge is 0.127 e. The summed E-state index contributed by atoms with van der Waals surface area (Å²) in [5, 5.41) is 9.43. The number of aliphatic hydroxyl groups is 1. The summed E-state index contributed by atoms with van der Waals surface area (Å²) < 4.78 is 10.8. The van der Waals surface area contributed by atoms with E-state index < -0.39 is 16.4 Å². The van der Waals surface area contributed by atoms with Crippen molar-refractivity contribution in [1.29, 1.82) is 0 Å². The Morgan fingerprint density at radius 2 is 2.00 bits per heavy atom. The second-order valence-electron chi connectivity index (χ2n) is 2.52. The molecule has 1 fully saturated rings. The second-order valence-corrected chi connectivity index (χ2v) is 4.22. The summed E-state index contributed by atoms with van der Waals surface area (Å²) in [5.74, 6) is 3.41. The van der Waals surface area contributed by atoms with Crippen molar-refractivity contribution in [1.82, 2.24) is 0 Å². The summed E-state index contributed by atoms with van der Waals surface area (Å²) in [4.78, 5) is 0. The van der Waals surface area contributed by atoms with E-state index in [4.69, 9.17) is 6.42 Å². The quantitative estimate of drug-likeness (QED) is 0.500. The Morgan fingerprint density at radius 3 is 2.40 bits per heavy atom. The van der Waals surface area contributed by atoms with Crippen molar-refractivity contribution in [2.75, 3.05) is 11.5 Å². The summed E-state index contributed by atoms with van der Waals surface area (Å²) >= 11 is 0. The molecule has 0 aromatic rings. The minimum Gasteiger partial charge on any atom is -0.378 e. The standard InChI is InChI=1S/C7H10O2S/c1-2-7(8)3-5-10(9)6-4-7/h1,8H,3-6H2. The van der Waals surface area contributed by atoms with Crippen molar-refractivity contribution in [3.63, 3.8) is 0 Å². The summed E-state index contributed by atoms with van der Waals surface area (Å²) in [7, 11) is -0.744. The summed E-state index contributed by atoms with van der Waals surface area (Å²) in [5.41, 5.74) is -0.964. The molecule has 1 aliphatic heterocycles. The third-order valence-corrected chi connectivity index (χ3v) is 3.07. The number of hydrogen-bond donors (Lipinski definition) is 1. The lowest BCUT2D eigenvalue weighted by atomic mass is 9.99. The fourth-order valence-corrected chi connectivity index (χ4v) is 2.27. The van der Waals surface area contributed by atoms with Gasteiger partial charge in [-0.3, -0.25) is 4.21 Å². The molecule has 0 spiro atoms. The monoisotopic (exact) mass is 158 g/mol. The molecule has 1 rings (SSSR count). The van der Waals surface area contributed by atoms with Gasteiger partial charge < -0.3 is 5.11 Å². The largest absolute Gasteiger partial charge is 0.378 e. The number of rotatable bonds is 0. The summed E-state index contributed by atoms with van der Waals surface area (Å²) in [6.45, 7) is 0. The molecule has 0 amide bonds. The number of hydrogen-bond acceptors (Lipinski definition) is 2. The molecule has 0 radical (unpaired) electrons. The molecule has 10 heavy (non-hydrogen) atoms. The van der Waals surface area contributed by atoms with E-state index >= 15 is 0 Å². The highest BCUT2D eigenvalue weighted by Gasteiger charge is 2.29. The zero-order valence-corrected chi connectivity index (χ0v) is 6.49. The Hall–Kier alpha value is -0.330. The van der Waals surface area contributed by atoms with Gasteiger partial charge in [0.25, 0.3) is 0 Å². The molecular weight excluding hydrogens is 148 g/mol. The van der Waals surface area contributed by atoms with Crippen molar-refractivity contribution in [2.24, 2.45) is 0 Å². The van der Waals surface area contributed by atoms with Crippen LogP contribution in [0.2, 0.25) is 0 Å². The SMILES string of the molecule is C#CC1(O)CCS(=O)CC1. The van der Waals surface area contributed by atoms with Crippen LogP contribution in [-0.2, 0) is 10.8 Å². The lowest BCUT2D eigenvalue weighted by molar-refractivity contribution is 0.0919. The number of terminal acetylenes is 1. The van der Waals surface area contributed by atoms with E-state index in [-0.39, 0.29) is 0 Å². The van der Waals surface area contributed by atoms with Gasteiger partial charge in [-0.1, -0.05) is 5.92 Å². The van der Waals surface area contributed by atoms with Gasteiger partial charge in [-0.05, 0) is 12.8 Å². The third kappa shape index (κ3) is 1.59. The van der Waals surface area contributed by atoms with Gasteiger partial charge in [0.15, 0.2) is 0 Å². The van der Waals surface area contributed by atoms with E-state index in [1.807, 2.05) is 0 Å². The fourth-order valence-electron chi connectivity index (χ4n) is 0.937. The predicted molar refractivity (Wildman–Crippen MR) is 40.9 cm³/mol. The lowest BCUT2D eigenvalue weighted by Crippen LogP contribution is -2.35. The molecule has 0 bridgehead atoms. The van der Waals surface area contributed by atoms with Crippen LogP contribution in [0.1, 0.15) is 12.8 Å². The van der Waals surface area contributed by atoms with Crippen LogP contribution < -0.4 is 0 Å². The molecule has 1 aliphatic rings. The van der Waals surface area contributed by atoms with Gasteiger partial charge in [-0.2, -0.15) is 0 Å². The van der Waals surface area contributed by atoms with E-state index in [1.165, 1.54) is 0 Å². The maximum Gasteiger partial charge on any atom is 0.127 e. The van der Waals surface area contributed by atoms with Crippen molar-refractivity contribution in [3.8, 4) is 12.3 Å². The molecule has 1 saturated heterocycles. The molecule has 0 unspecified atom stereocenters. The molecule has 3 heteroatoms. The maximum atomic E-state index is 10.8. The normalized spacial score (nSPS) is 40.6. The second kappa shape index (κ2) is 2.73. The van der Waals surface area contributed by atoms with E-state index in [0.717, 1.165) is 0 Å². The van der Waals surface area contributed by atoms with Crippen LogP contribution in [-0.4, -0.2) is 26.4 Å². The molecule has 0 aromatic carbocycles. The van der Waals surface area contributed by atoms with Gasteiger partial charge >= 0.3 is 0 Å². The maximum absolute atomic E-state index is 10.8. The predicted octanol–water partition coefficient (Wildman–Crippen LogP) is -0.107. The molecule has 0 aromatic heterocycles. The van der Waals surface area contributed by atoms with Crippen LogP contribution >= 0.6 is 0 Å². The fraction of sp³-hybridized carbons (Fsp3) is 0.714. The van der Waals surface area contributed by atoms with E-state index in [9.17, 15) is 9.32 Å². The van der Waals surface area contributed by atoms with E-state index in [0.29, 0.717) is 24.3 Å². The minimum absolute atomic E-state index is 0.482. The summed E-state index contributed by atoms with van der Waals surface area (Å²) in [6.07, 6.45) is 6.05. The Balaban J connectivity index is 2.56. The highest BCUT2D eigenvalue weighted by atomic mass is 32.2. The van der Waals surface area contributed by atoms with E-state index in [1.54, 1.807) is 0 Å². The zero-order chi connectivity index (χ0) is 7.61. The van der Waals surface area contributed by atoms with Gasteiger partial charge in [0.2, 0.25) is 0 Å². The van der Waals surface area contributed by atoms with Crippen molar-refractivity contribution in [3.05, 3.63) is 0 Å². The third-order valence-electron chi connectivity index (χ3n) is 1.76. The molecule has 0 saturated carbocycles. The van der Waals surface area contributed by atoms with Crippen molar-refractivity contribution < 1.29 is 9.32 Å². The Bertz CT molecular complexity index is 182. The van der Waals surface area contributed by atoms with Crippen LogP contribution in [0.25, 0.3) is 0 Å². The average Bonchev–Trinajstić information content (AvgIpc) is 1.96. The van der Waals surface area contributed by atoms with E-state index in [2.05, 4.69) is 5.92 Å². The molecule has 1 N–H and O–H groups in total. The summed E-state index contributed by atoms with van der Waals surface area (Å²) in [6, 6.07) is 0. The molecule has 1 heterocycles. The zero-order valence-electron chi connectivity index (χ0n) is 5.67. The van der Waals surface area contributed by atoms with Crippen LogP contribution in [0.5, 0.6) is 0 Å². The van der Waals surface area contributed by atoms with Gasteiger partial charge in [-0.15, -0.1) is 6.42 Å². The van der Waals surface area contributed by atoms with Gasteiger partial charge in [0.05, 0.1) is 0 Å². The first-order chi connectivity index (χ1) is 4.66.